The SMILES string of the molecule is CNCCc1csc2ncc(C(=O)[C@H](C)N)n12. The van der Waals surface area contributed by atoms with Crippen LogP contribution in [0.1, 0.15) is 23.1 Å². The van der Waals surface area contributed by atoms with Crippen LogP contribution in [-0.2, 0) is 6.42 Å². The molecule has 92 valence electrons. The fourth-order valence-corrected chi connectivity index (χ4v) is 2.60. The first kappa shape index (κ1) is 12.2. The molecule has 2 heterocycles. The van der Waals surface area contributed by atoms with Crippen molar-refractivity contribution < 1.29 is 4.79 Å². The number of Topliss-reactive ketones (excluding diaryl/α,β-unsaturated/α-hetero) is 1. The minimum Gasteiger partial charge on any atom is -0.321 e. The molecule has 0 radical (unpaired) electrons. The minimum atomic E-state index is -0.494. The van der Waals surface area contributed by atoms with E-state index in [0.717, 1.165) is 23.6 Å². The largest absolute Gasteiger partial charge is 0.321 e. The molecule has 0 saturated carbocycles. The van der Waals surface area contributed by atoms with E-state index in [9.17, 15) is 4.79 Å². The predicted octanol–water partition coefficient (Wildman–Crippen LogP) is 0.688. The second-order valence-electron chi connectivity index (χ2n) is 3.99. The van der Waals surface area contributed by atoms with Crippen LogP contribution in [0.4, 0.5) is 0 Å². The molecule has 0 saturated heterocycles. The van der Waals surface area contributed by atoms with Crippen LogP contribution in [0.2, 0.25) is 0 Å². The normalized spacial score (nSPS) is 13.1. The van der Waals surface area contributed by atoms with Crippen molar-refractivity contribution in [2.24, 2.45) is 5.73 Å². The van der Waals surface area contributed by atoms with Gasteiger partial charge in [0, 0.05) is 24.0 Å². The van der Waals surface area contributed by atoms with Crippen LogP contribution < -0.4 is 11.1 Å². The molecule has 2 aromatic heterocycles. The third-order valence-corrected chi connectivity index (χ3v) is 3.50. The second kappa shape index (κ2) is 4.95. The lowest BCUT2D eigenvalue weighted by atomic mass is 10.2. The van der Waals surface area contributed by atoms with Gasteiger partial charge in [0.25, 0.3) is 0 Å². The van der Waals surface area contributed by atoms with Crippen LogP contribution >= 0.6 is 11.3 Å². The van der Waals surface area contributed by atoms with Gasteiger partial charge in [-0.25, -0.2) is 4.98 Å². The number of hydrogen-bond donors (Lipinski definition) is 2. The smallest absolute Gasteiger partial charge is 0.197 e. The summed E-state index contributed by atoms with van der Waals surface area (Å²) in [6, 6.07) is -0.494. The highest BCUT2D eigenvalue weighted by atomic mass is 32.1. The Balaban J connectivity index is 2.42. The van der Waals surface area contributed by atoms with Crippen molar-refractivity contribution in [1.29, 1.82) is 0 Å². The number of imidazole rings is 1. The molecule has 0 fully saturated rings. The number of rotatable bonds is 5. The van der Waals surface area contributed by atoms with E-state index in [4.69, 9.17) is 5.73 Å². The highest BCUT2D eigenvalue weighted by molar-refractivity contribution is 7.15. The topological polar surface area (TPSA) is 72.4 Å². The summed E-state index contributed by atoms with van der Waals surface area (Å²) in [6.07, 6.45) is 2.48. The number of nitrogens with zero attached hydrogens (tertiary/aromatic N) is 2. The molecule has 5 nitrogen and oxygen atoms in total. The molecule has 0 amide bonds. The van der Waals surface area contributed by atoms with Crippen molar-refractivity contribution in [3.8, 4) is 0 Å². The van der Waals surface area contributed by atoms with Gasteiger partial charge in [0.2, 0.25) is 0 Å². The Bertz CT molecular complexity index is 529. The fourth-order valence-electron chi connectivity index (χ4n) is 1.70. The third-order valence-electron chi connectivity index (χ3n) is 2.61. The molecular formula is C11H16N4OS. The minimum absolute atomic E-state index is 0.0680. The number of ketones is 1. The zero-order chi connectivity index (χ0) is 12.4. The van der Waals surface area contributed by atoms with Gasteiger partial charge in [0.15, 0.2) is 10.7 Å². The molecule has 2 aromatic rings. The van der Waals surface area contributed by atoms with E-state index in [0.29, 0.717) is 5.69 Å². The molecule has 1 atom stereocenters. The molecule has 0 unspecified atom stereocenters. The van der Waals surface area contributed by atoms with E-state index >= 15 is 0 Å². The summed E-state index contributed by atoms with van der Waals surface area (Å²) in [4.78, 5) is 17.0. The lowest BCUT2D eigenvalue weighted by molar-refractivity contribution is 0.0962. The molecule has 3 N–H and O–H groups in total. The summed E-state index contributed by atoms with van der Waals surface area (Å²) >= 11 is 1.55. The van der Waals surface area contributed by atoms with Crippen LogP contribution in [0.15, 0.2) is 11.6 Å². The van der Waals surface area contributed by atoms with Crippen LogP contribution in [-0.4, -0.2) is 34.8 Å². The van der Waals surface area contributed by atoms with Crippen LogP contribution in [0.5, 0.6) is 0 Å². The van der Waals surface area contributed by atoms with E-state index in [1.807, 2.05) is 16.8 Å². The van der Waals surface area contributed by atoms with E-state index in [1.54, 1.807) is 24.5 Å². The maximum atomic E-state index is 11.9. The number of carbonyl (C=O) groups excluding carboxylic acids is 1. The summed E-state index contributed by atoms with van der Waals surface area (Å²) in [6.45, 7) is 2.57. The third kappa shape index (κ3) is 2.24. The van der Waals surface area contributed by atoms with Crippen molar-refractivity contribution in [2.75, 3.05) is 13.6 Å². The van der Waals surface area contributed by atoms with Gasteiger partial charge in [-0.05, 0) is 14.0 Å². The Morgan fingerprint density at radius 2 is 2.47 bits per heavy atom. The highest BCUT2D eigenvalue weighted by Crippen LogP contribution is 2.19. The Morgan fingerprint density at radius 1 is 1.71 bits per heavy atom. The lowest BCUT2D eigenvalue weighted by Gasteiger charge is -2.05. The zero-order valence-corrected chi connectivity index (χ0v) is 10.8. The Labute approximate surface area is 104 Å². The van der Waals surface area contributed by atoms with E-state index in [2.05, 4.69) is 10.3 Å². The molecule has 6 heteroatoms. The molecule has 0 bridgehead atoms. The van der Waals surface area contributed by atoms with Gasteiger partial charge >= 0.3 is 0 Å². The molecule has 0 aliphatic carbocycles. The Morgan fingerprint density at radius 3 is 3.12 bits per heavy atom. The number of likely N-dealkylation sites (N-methyl/N-ethyl adjacent to an activating group) is 1. The summed E-state index contributed by atoms with van der Waals surface area (Å²) in [5.74, 6) is -0.0680. The number of nitrogens with one attached hydrogen (secondary N) is 1. The summed E-state index contributed by atoms with van der Waals surface area (Å²) in [5, 5.41) is 5.13. The van der Waals surface area contributed by atoms with Crippen LogP contribution in [0, 0.1) is 0 Å². The van der Waals surface area contributed by atoms with Crippen molar-refractivity contribution in [2.45, 2.75) is 19.4 Å². The van der Waals surface area contributed by atoms with Crippen LogP contribution in [0.25, 0.3) is 4.96 Å². The van der Waals surface area contributed by atoms with Gasteiger partial charge in [0.05, 0.1) is 12.2 Å². The monoisotopic (exact) mass is 252 g/mol. The van der Waals surface area contributed by atoms with Crippen molar-refractivity contribution in [3.63, 3.8) is 0 Å². The maximum Gasteiger partial charge on any atom is 0.197 e. The van der Waals surface area contributed by atoms with E-state index < -0.39 is 6.04 Å². The van der Waals surface area contributed by atoms with Gasteiger partial charge in [-0.1, -0.05) is 0 Å². The number of thiazole rings is 1. The first-order valence-corrected chi connectivity index (χ1v) is 6.41. The number of fused-ring (bicyclic) bond motifs is 1. The van der Waals surface area contributed by atoms with E-state index in [1.165, 1.54) is 0 Å². The molecular weight excluding hydrogens is 236 g/mol. The number of nitrogens with two attached hydrogens (primary N) is 1. The highest BCUT2D eigenvalue weighted by Gasteiger charge is 2.18. The average molecular weight is 252 g/mol. The Kier molecular flexibility index (Phi) is 3.56. The molecule has 0 aliphatic rings. The summed E-state index contributed by atoms with van der Waals surface area (Å²) in [5.41, 5.74) is 7.32. The zero-order valence-electron chi connectivity index (χ0n) is 9.93. The number of carbonyl (C=O) groups is 1. The van der Waals surface area contributed by atoms with Gasteiger partial charge in [-0.2, -0.15) is 0 Å². The average Bonchev–Trinajstić information content (AvgIpc) is 2.86. The molecule has 17 heavy (non-hydrogen) atoms. The van der Waals surface area contributed by atoms with Crippen molar-refractivity contribution in [3.05, 3.63) is 23.0 Å². The van der Waals surface area contributed by atoms with Crippen LogP contribution in [0.3, 0.4) is 0 Å². The molecule has 0 aliphatic heterocycles. The van der Waals surface area contributed by atoms with Crippen molar-refractivity contribution >= 4 is 22.1 Å². The standard InChI is InChI=1S/C11H16N4OS/c1-7(12)10(16)9-5-14-11-15(9)8(6-17-11)3-4-13-2/h5-7,13H,3-4,12H2,1-2H3/t7-/m0/s1. The Hall–Kier alpha value is -1.24. The maximum absolute atomic E-state index is 11.9. The summed E-state index contributed by atoms with van der Waals surface area (Å²) in [7, 11) is 1.91. The van der Waals surface area contributed by atoms with Gasteiger partial charge in [-0.15, -0.1) is 11.3 Å². The molecule has 0 spiro atoms. The first-order valence-electron chi connectivity index (χ1n) is 5.53. The first-order chi connectivity index (χ1) is 8.15. The predicted molar refractivity (Wildman–Crippen MR) is 68.7 cm³/mol. The van der Waals surface area contributed by atoms with E-state index in [-0.39, 0.29) is 5.78 Å². The molecule has 0 aromatic carbocycles. The van der Waals surface area contributed by atoms with Gasteiger partial charge in [-0.3, -0.25) is 9.20 Å². The fraction of sp³-hybridized carbons (Fsp3) is 0.455. The quantitative estimate of drug-likeness (QED) is 0.768. The van der Waals surface area contributed by atoms with Gasteiger partial charge in [0.1, 0.15) is 5.69 Å². The number of aromatic nitrogens is 2. The van der Waals surface area contributed by atoms with Crippen molar-refractivity contribution in [1.82, 2.24) is 14.7 Å². The van der Waals surface area contributed by atoms with Gasteiger partial charge < -0.3 is 11.1 Å². The summed E-state index contributed by atoms with van der Waals surface area (Å²) < 4.78 is 1.91. The number of hydrogen-bond acceptors (Lipinski definition) is 5. The molecule has 2 rings (SSSR count). The lowest BCUT2D eigenvalue weighted by Crippen LogP contribution is -2.28. The second-order valence-corrected chi connectivity index (χ2v) is 4.83.